The predicted molar refractivity (Wildman–Crippen MR) is 68.1 cm³/mol. The van der Waals surface area contributed by atoms with Crippen LogP contribution in [0.1, 0.15) is 30.8 Å². The molecule has 1 rings (SSSR count). The van der Waals surface area contributed by atoms with E-state index < -0.39 is 28.7 Å². The molecule has 1 aromatic heterocycles. The van der Waals surface area contributed by atoms with Gasteiger partial charge >= 0.3 is 11.9 Å². The molecule has 0 unspecified atom stereocenters. The molecule has 1 amide bonds. The number of nitrogens with one attached hydrogen (secondary N) is 1. The monoisotopic (exact) mass is 284 g/mol. The number of carbonyl (C=O) groups excluding carboxylic acids is 2. The lowest BCUT2D eigenvalue weighted by Gasteiger charge is -2.17. The number of amides is 1. The third kappa shape index (κ3) is 4.08. The number of hydrogen-bond acceptors (Lipinski definition) is 6. The number of rotatable bonds is 6. The molecule has 0 saturated carbocycles. The third-order valence-electron chi connectivity index (χ3n) is 2.49. The predicted octanol–water partition coefficient (Wildman–Crippen LogP) is 1.51. The van der Waals surface area contributed by atoms with Gasteiger partial charge in [0.2, 0.25) is 0 Å². The zero-order valence-corrected chi connectivity index (χ0v) is 11.4. The molecular weight excluding hydrogens is 268 g/mol. The summed E-state index contributed by atoms with van der Waals surface area (Å²) in [6.45, 7) is 3.78. The highest BCUT2D eigenvalue weighted by atomic mass is 16.6. The van der Waals surface area contributed by atoms with Crippen LogP contribution in [0.3, 0.4) is 0 Å². The van der Waals surface area contributed by atoms with E-state index in [2.05, 4.69) is 10.1 Å². The lowest BCUT2D eigenvalue weighted by atomic mass is 10.0. The summed E-state index contributed by atoms with van der Waals surface area (Å²) in [5, 5.41) is 12.9. The number of methoxy groups -OCH3 is 1. The van der Waals surface area contributed by atoms with Gasteiger partial charge in [-0.25, -0.2) is 4.79 Å². The van der Waals surface area contributed by atoms with Gasteiger partial charge in [-0.2, -0.15) is 0 Å². The van der Waals surface area contributed by atoms with Gasteiger partial charge < -0.3 is 14.5 Å². The van der Waals surface area contributed by atoms with E-state index in [1.54, 1.807) is 0 Å². The molecule has 8 nitrogen and oxygen atoms in total. The van der Waals surface area contributed by atoms with Gasteiger partial charge in [0, 0.05) is 0 Å². The Kier molecular flexibility index (Phi) is 5.24. The first kappa shape index (κ1) is 15.7. The van der Waals surface area contributed by atoms with Crippen LogP contribution in [0.4, 0.5) is 5.88 Å². The van der Waals surface area contributed by atoms with Crippen molar-refractivity contribution >= 4 is 17.8 Å². The zero-order valence-electron chi connectivity index (χ0n) is 11.4. The lowest BCUT2D eigenvalue weighted by Crippen LogP contribution is -2.42. The molecule has 110 valence electrons. The van der Waals surface area contributed by atoms with Crippen LogP contribution in [-0.2, 0) is 9.53 Å². The second-order valence-corrected chi connectivity index (χ2v) is 4.57. The fourth-order valence-corrected chi connectivity index (χ4v) is 1.60. The number of nitro groups is 1. The molecule has 1 heterocycles. The van der Waals surface area contributed by atoms with Crippen molar-refractivity contribution in [2.75, 3.05) is 7.11 Å². The molecule has 0 fully saturated rings. The standard InChI is InChI=1S/C12H16N2O6/c1-7(2)6-8(12(16)19-3)13-11(15)9-4-5-10(20-9)14(17)18/h4-5,7-8H,6H2,1-3H3,(H,13,15)/t8-/m1/s1. The minimum atomic E-state index is -0.823. The summed E-state index contributed by atoms with van der Waals surface area (Å²) in [5.41, 5.74) is 0. The number of furan rings is 1. The highest BCUT2D eigenvalue weighted by Gasteiger charge is 2.25. The fraction of sp³-hybridized carbons (Fsp3) is 0.500. The van der Waals surface area contributed by atoms with Crippen molar-refractivity contribution in [2.24, 2.45) is 5.92 Å². The first-order valence-electron chi connectivity index (χ1n) is 5.98. The molecule has 0 saturated heterocycles. The van der Waals surface area contributed by atoms with Crippen molar-refractivity contribution < 1.29 is 23.7 Å². The molecule has 20 heavy (non-hydrogen) atoms. The summed E-state index contributed by atoms with van der Waals surface area (Å²) in [4.78, 5) is 33.1. The zero-order chi connectivity index (χ0) is 15.3. The highest BCUT2D eigenvalue weighted by Crippen LogP contribution is 2.16. The first-order valence-corrected chi connectivity index (χ1v) is 5.98. The minimum Gasteiger partial charge on any atom is -0.467 e. The average molecular weight is 284 g/mol. The Morgan fingerprint density at radius 3 is 2.55 bits per heavy atom. The summed E-state index contributed by atoms with van der Waals surface area (Å²) >= 11 is 0. The maximum absolute atomic E-state index is 11.9. The molecule has 0 bridgehead atoms. The molecule has 0 radical (unpaired) electrons. The largest absolute Gasteiger partial charge is 0.467 e. The third-order valence-corrected chi connectivity index (χ3v) is 2.49. The van der Waals surface area contributed by atoms with E-state index in [0.29, 0.717) is 6.42 Å². The Morgan fingerprint density at radius 2 is 2.10 bits per heavy atom. The molecule has 0 aromatic carbocycles. The van der Waals surface area contributed by atoms with Crippen molar-refractivity contribution in [1.29, 1.82) is 0 Å². The Labute approximate surface area is 115 Å². The molecule has 8 heteroatoms. The normalized spacial score (nSPS) is 12.0. The van der Waals surface area contributed by atoms with Gasteiger partial charge in [0.15, 0.2) is 5.76 Å². The van der Waals surface area contributed by atoms with Crippen molar-refractivity contribution in [1.82, 2.24) is 5.32 Å². The Hall–Kier alpha value is -2.38. The Morgan fingerprint density at radius 1 is 1.45 bits per heavy atom. The van der Waals surface area contributed by atoms with E-state index in [0.717, 1.165) is 6.07 Å². The van der Waals surface area contributed by atoms with Crippen LogP contribution in [0.25, 0.3) is 0 Å². The molecule has 1 N–H and O–H groups in total. The van der Waals surface area contributed by atoms with Gasteiger partial charge in [-0.3, -0.25) is 14.9 Å². The van der Waals surface area contributed by atoms with Crippen molar-refractivity contribution in [3.8, 4) is 0 Å². The number of nitrogens with zero attached hydrogens (tertiary/aromatic N) is 1. The van der Waals surface area contributed by atoms with Gasteiger partial charge in [-0.05, 0) is 18.4 Å². The summed E-state index contributed by atoms with van der Waals surface area (Å²) in [7, 11) is 1.22. The van der Waals surface area contributed by atoms with E-state index in [9.17, 15) is 19.7 Å². The van der Waals surface area contributed by atoms with Crippen molar-refractivity contribution in [3.63, 3.8) is 0 Å². The highest BCUT2D eigenvalue weighted by molar-refractivity contribution is 5.94. The van der Waals surface area contributed by atoms with E-state index in [1.807, 2.05) is 13.8 Å². The fourth-order valence-electron chi connectivity index (χ4n) is 1.60. The summed E-state index contributed by atoms with van der Waals surface area (Å²) < 4.78 is 9.36. The van der Waals surface area contributed by atoms with E-state index in [4.69, 9.17) is 4.42 Å². The second-order valence-electron chi connectivity index (χ2n) is 4.57. The maximum atomic E-state index is 11.9. The van der Waals surface area contributed by atoms with Crippen LogP contribution in [0.5, 0.6) is 0 Å². The van der Waals surface area contributed by atoms with E-state index in [-0.39, 0.29) is 11.7 Å². The average Bonchev–Trinajstić information content (AvgIpc) is 2.86. The lowest BCUT2D eigenvalue weighted by molar-refractivity contribution is -0.402. The van der Waals surface area contributed by atoms with E-state index in [1.165, 1.54) is 13.2 Å². The van der Waals surface area contributed by atoms with Gasteiger partial charge in [0.25, 0.3) is 5.91 Å². The van der Waals surface area contributed by atoms with Crippen LogP contribution in [-0.4, -0.2) is 30.0 Å². The van der Waals surface area contributed by atoms with Gasteiger partial charge in [-0.1, -0.05) is 13.8 Å². The minimum absolute atomic E-state index is 0.158. The maximum Gasteiger partial charge on any atom is 0.433 e. The van der Waals surface area contributed by atoms with Gasteiger partial charge in [0.05, 0.1) is 13.2 Å². The summed E-state index contributed by atoms with van der Waals surface area (Å²) in [5.74, 6) is -1.88. The van der Waals surface area contributed by atoms with Crippen LogP contribution < -0.4 is 5.32 Å². The van der Waals surface area contributed by atoms with Crippen LogP contribution in [0.2, 0.25) is 0 Å². The number of ether oxygens (including phenoxy) is 1. The topological polar surface area (TPSA) is 112 Å². The van der Waals surface area contributed by atoms with Crippen LogP contribution in [0.15, 0.2) is 16.5 Å². The first-order chi connectivity index (χ1) is 9.35. The van der Waals surface area contributed by atoms with Gasteiger partial charge in [-0.15, -0.1) is 0 Å². The molecule has 1 aromatic rings. The van der Waals surface area contributed by atoms with Crippen molar-refractivity contribution in [3.05, 3.63) is 28.0 Å². The number of hydrogen-bond donors (Lipinski definition) is 1. The Balaban J connectivity index is 2.78. The van der Waals surface area contributed by atoms with Crippen molar-refractivity contribution in [2.45, 2.75) is 26.3 Å². The summed E-state index contributed by atoms with van der Waals surface area (Å²) in [6, 6.07) is 1.43. The second kappa shape index (κ2) is 6.69. The van der Waals surface area contributed by atoms with E-state index >= 15 is 0 Å². The number of carbonyl (C=O) groups is 2. The van der Waals surface area contributed by atoms with Gasteiger partial charge in [0.1, 0.15) is 11.0 Å². The smallest absolute Gasteiger partial charge is 0.433 e. The van der Waals surface area contributed by atoms with Crippen LogP contribution in [0, 0.1) is 16.0 Å². The molecule has 0 aliphatic carbocycles. The Bertz CT molecular complexity index is 508. The molecule has 0 aliphatic heterocycles. The van der Waals surface area contributed by atoms with Crippen LogP contribution >= 0.6 is 0 Å². The summed E-state index contributed by atoms with van der Waals surface area (Å²) in [6.07, 6.45) is 0.390. The SMILES string of the molecule is COC(=O)[C@@H](CC(C)C)NC(=O)c1ccc([N+](=O)[O-])o1. The number of esters is 1. The quantitative estimate of drug-likeness (QED) is 0.481. The molecule has 0 spiro atoms. The molecular formula is C12H16N2O6. The molecule has 1 atom stereocenters. The molecule has 0 aliphatic rings.